The number of hydrogen-bond acceptors (Lipinski definition) is 6. The predicted octanol–water partition coefficient (Wildman–Crippen LogP) is 5.15. The van der Waals surface area contributed by atoms with Crippen molar-refractivity contribution in [3.05, 3.63) is 95.6 Å². The van der Waals surface area contributed by atoms with Crippen molar-refractivity contribution in [1.82, 2.24) is 20.1 Å². The number of halogens is 1. The summed E-state index contributed by atoms with van der Waals surface area (Å²) < 4.78 is 18.8. The molecule has 0 atom stereocenters. The van der Waals surface area contributed by atoms with Crippen LogP contribution < -0.4 is 0 Å². The maximum absolute atomic E-state index is 13.1. The van der Waals surface area contributed by atoms with E-state index >= 15 is 0 Å². The minimum absolute atomic E-state index is 0.0510. The number of carbonyl (C=O) groups is 1. The molecule has 33 heavy (non-hydrogen) atoms. The van der Waals surface area contributed by atoms with Crippen molar-refractivity contribution in [2.24, 2.45) is 0 Å². The first-order chi connectivity index (χ1) is 16.1. The summed E-state index contributed by atoms with van der Waals surface area (Å²) in [5.41, 5.74) is 3.90. The van der Waals surface area contributed by atoms with Crippen LogP contribution in [-0.4, -0.2) is 31.7 Å². The van der Waals surface area contributed by atoms with Gasteiger partial charge in [0.1, 0.15) is 5.82 Å². The fraction of sp³-hybridized carbons (Fsp3) is 0.200. The van der Waals surface area contributed by atoms with E-state index in [1.165, 1.54) is 29.5 Å². The van der Waals surface area contributed by atoms with Crippen LogP contribution in [0.1, 0.15) is 23.6 Å². The van der Waals surface area contributed by atoms with Crippen molar-refractivity contribution in [3.8, 4) is 11.5 Å². The first-order valence-electron chi connectivity index (χ1n) is 10.6. The molecular formula is C25H23FN4O2S. The number of thioether (sulfide) groups is 1. The molecule has 8 heteroatoms. The number of hydrogen-bond donors (Lipinski definition) is 0. The highest BCUT2D eigenvalue weighted by Gasteiger charge is 2.18. The van der Waals surface area contributed by atoms with E-state index in [1.807, 2.05) is 12.1 Å². The maximum Gasteiger partial charge on any atom is 0.277 e. The number of amides is 1. The van der Waals surface area contributed by atoms with E-state index < -0.39 is 0 Å². The smallest absolute Gasteiger partial charge is 0.277 e. The molecule has 4 rings (SSSR count). The SMILES string of the molecule is CCc1ccc(CN(Cc2cccnc2)C(=O)CSc2nnc(-c3ccc(F)cc3)o2)cc1. The summed E-state index contributed by atoms with van der Waals surface area (Å²) in [4.78, 5) is 19.1. The number of carbonyl (C=O) groups excluding carboxylic acids is 1. The Morgan fingerprint density at radius 2 is 1.70 bits per heavy atom. The lowest BCUT2D eigenvalue weighted by atomic mass is 10.1. The number of benzene rings is 2. The van der Waals surface area contributed by atoms with Crippen LogP contribution in [0.25, 0.3) is 11.5 Å². The van der Waals surface area contributed by atoms with Crippen molar-refractivity contribution in [3.63, 3.8) is 0 Å². The summed E-state index contributed by atoms with van der Waals surface area (Å²) in [5.74, 6) is 0.0490. The molecule has 0 saturated heterocycles. The Labute approximate surface area is 195 Å². The summed E-state index contributed by atoms with van der Waals surface area (Å²) in [5, 5.41) is 8.29. The van der Waals surface area contributed by atoms with E-state index in [0.29, 0.717) is 18.7 Å². The lowest BCUT2D eigenvalue weighted by Crippen LogP contribution is -2.31. The topological polar surface area (TPSA) is 72.1 Å². The Bertz CT molecular complexity index is 1180. The highest BCUT2D eigenvalue weighted by atomic mass is 32.2. The Morgan fingerprint density at radius 3 is 2.39 bits per heavy atom. The van der Waals surface area contributed by atoms with E-state index in [0.717, 1.165) is 17.5 Å². The zero-order valence-electron chi connectivity index (χ0n) is 18.1. The van der Waals surface area contributed by atoms with Crippen LogP contribution in [0.3, 0.4) is 0 Å². The quantitative estimate of drug-likeness (QED) is 0.320. The average molecular weight is 463 g/mol. The van der Waals surface area contributed by atoms with Gasteiger partial charge < -0.3 is 9.32 Å². The minimum atomic E-state index is -0.337. The molecule has 2 heterocycles. The summed E-state index contributed by atoms with van der Waals surface area (Å²) in [7, 11) is 0. The molecule has 0 aliphatic rings. The van der Waals surface area contributed by atoms with Crippen molar-refractivity contribution >= 4 is 17.7 Å². The second-order valence-electron chi connectivity index (χ2n) is 7.45. The number of aryl methyl sites for hydroxylation is 1. The molecule has 2 aromatic heterocycles. The molecule has 0 saturated carbocycles. The molecule has 0 radical (unpaired) electrons. The zero-order chi connectivity index (χ0) is 23.0. The van der Waals surface area contributed by atoms with E-state index in [2.05, 4.69) is 46.4 Å². The third kappa shape index (κ3) is 6.26. The highest BCUT2D eigenvalue weighted by Crippen LogP contribution is 2.24. The lowest BCUT2D eigenvalue weighted by molar-refractivity contribution is -0.129. The minimum Gasteiger partial charge on any atom is -0.411 e. The third-order valence-electron chi connectivity index (χ3n) is 5.07. The van der Waals surface area contributed by atoms with E-state index in [1.54, 1.807) is 29.4 Å². The van der Waals surface area contributed by atoms with Crippen LogP contribution in [0.2, 0.25) is 0 Å². The summed E-state index contributed by atoms with van der Waals surface area (Å²) in [6.07, 6.45) is 4.45. The fourth-order valence-electron chi connectivity index (χ4n) is 3.24. The summed E-state index contributed by atoms with van der Waals surface area (Å²) in [6.45, 7) is 3.06. The lowest BCUT2D eigenvalue weighted by Gasteiger charge is -2.23. The van der Waals surface area contributed by atoms with Crippen LogP contribution in [0.15, 0.2) is 82.7 Å². The molecule has 0 bridgehead atoms. The molecule has 0 spiro atoms. The molecule has 1 amide bonds. The van der Waals surface area contributed by atoms with Gasteiger partial charge in [0, 0.05) is 31.0 Å². The van der Waals surface area contributed by atoms with E-state index in [9.17, 15) is 9.18 Å². The number of pyridine rings is 1. The van der Waals surface area contributed by atoms with Crippen LogP contribution in [0, 0.1) is 5.82 Å². The molecule has 4 aromatic rings. The van der Waals surface area contributed by atoms with Gasteiger partial charge in [0.2, 0.25) is 11.8 Å². The van der Waals surface area contributed by atoms with Gasteiger partial charge in [0.15, 0.2) is 0 Å². The molecule has 0 unspecified atom stereocenters. The highest BCUT2D eigenvalue weighted by molar-refractivity contribution is 7.99. The largest absolute Gasteiger partial charge is 0.411 e. The molecule has 0 N–H and O–H groups in total. The first kappa shape index (κ1) is 22.7. The molecular weight excluding hydrogens is 439 g/mol. The third-order valence-corrected chi connectivity index (χ3v) is 5.87. The molecule has 0 aliphatic carbocycles. The van der Waals surface area contributed by atoms with Crippen molar-refractivity contribution < 1.29 is 13.6 Å². The Balaban J connectivity index is 1.43. The standard InChI is InChI=1S/C25H23FN4O2S/c1-2-18-5-7-19(8-6-18)15-30(16-20-4-3-13-27-14-20)23(31)17-33-25-29-28-24(32-25)21-9-11-22(26)12-10-21/h3-14H,2,15-17H2,1H3. The molecule has 2 aromatic carbocycles. The Hall–Kier alpha value is -3.52. The van der Waals surface area contributed by atoms with Gasteiger partial charge >= 0.3 is 0 Å². The van der Waals surface area contributed by atoms with Crippen LogP contribution in [-0.2, 0) is 24.3 Å². The van der Waals surface area contributed by atoms with Crippen molar-refractivity contribution in [1.29, 1.82) is 0 Å². The zero-order valence-corrected chi connectivity index (χ0v) is 19.0. The van der Waals surface area contributed by atoms with Gasteiger partial charge in [0.25, 0.3) is 5.22 Å². The van der Waals surface area contributed by atoms with Crippen molar-refractivity contribution in [2.45, 2.75) is 31.7 Å². The predicted molar refractivity (Wildman–Crippen MR) is 125 cm³/mol. The second-order valence-corrected chi connectivity index (χ2v) is 8.38. The van der Waals surface area contributed by atoms with Gasteiger partial charge in [-0.2, -0.15) is 0 Å². The van der Waals surface area contributed by atoms with Gasteiger partial charge in [-0.15, -0.1) is 10.2 Å². The first-order valence-corrected chi connectivity index (χ1v) is 11.6. The van der Waals surface area contributed by atoms with Gasteiger partial charge in [-0.3, -0.25) is 9.78 Å². The summed E-state index contributed by atoms with van der Waals surface area (Å²) in [6, 6.07) is 17.9. The van der Waals surface area contributed by atoms with E-state index in [4.69, 9.17) is 4.42 Å². The molecule has 6 nitrogen and oxygen atoms in total. The van der Waals surface area contributed by atoms with Crippen LogP contribution in [0.5, 0.6) is 0 Å². The van der Waals surface area contributed by atoms with Gasteiger partial charge in [-0.1, -0.05) is 49.0 Å². The fourth-order valence-corrected chi connectivity index (χ4v) is 3.90. The molecule has 0 fully saturated rings. The van der Waals surface area contributed by atoms with Crippen LogP contribution >= 0.6 is 11.8 Å². The maximum atomic E-state index is 13.1. The molecule has 168 valence electrons. The number of aromatic nitrogens is 3. The number of nitrogens with zero attached hydrogens (tertiary/aromatic N) is 4. The normalized spacial score (nSPS) is 10.8. The van der Waals surface area contributed by atoms with Gasteiger partial charge in [0.05, 0.1) is 5.75 Å². The van der Waals surface area contributed by atoms with Gasteiger partial charge in [-0.25, -0.2) is 4.39 Å². The monoisotopic (exact) mass is 462 g/mol. The molecule has 0 aliphatic heterocycles. The van der Waals surface area contributed by atoms with E-state index in [-0.39, 0.29) is 28.6 Å². The average Bonchev–Trinajstić information content (AvgIpc) is 3.33. The summed E-state index contributed by atoms with van der Waals surface area (Å²) >= 11 is 1.18. The Kier molecular flexibility index (Phi) is 7.47. The number of rotatable bonds is 9. The van der Waals surface area contributed by atoms with Crippen LogP contribution in [0.4, 0.5) is 4.39 Å². The Morgan fingerprint density at radius 1 is 0.970 bits per heavy atom. The second kappa shape index (κ2) is 10.9. The van der Waals surface area contributed by atoms with Crippen molar-refractivity contribution in [2.75, 3.05) is 5.75 Å². The van der Waals surface area contributed by atoms with Gasteiger partial charge in [-0.05, 0) is 53.4 Å².